The number of nitrogens with one attached hydrogen (secondary N) is 1. The number of amides is 1. The Balaban J connectivity index is 1.93. The minimum atomic E-state index is -3.52. The summed E-state index contributed by atoms with van der Waals surface area (Å²) in [5.41, 5.74) is 1.02. The number of hydrogen-bond acceptors (Lipinski definition) is 3. The van der Waals surface area contributed by atoms with Gasteiger partial charge in [-0.2, -0.15) is 0 Å². The number of hydrogen-bond donors (Lipinski definition) is 1. The molecular formula is C17H26N2O3S. The van der Waals surface area contributed by atoms with Gasteiger partial charge in [0.05, 0.1) is 4.90 Å². The molecule has 5 nitrogen and oxygen atoms in total. The second kappa shape index (κ2) is 7.93. The highest BCUT2D eigenvalue weighted by molar-refractivity contribution is 7.89. The Hall–Kier alpha value is -1.40. The molecule has 0 aromatic heterocycles. The summed E-state index contributed by atoms with van der Waals surface area (Å²) < 4.78 is 27.1. The first kappa shape index (κ1) is 17.9. The van der Waals surface area contributed by atoms with Crippen molar-refractivity contribution in [2.24, 2.45) is 0 Å². The second-order valence-electron chi connectivity index (χ2n) is 6.22. The maximum absolute atomic E-state index is 12.3. The van der Waals surface area contributed by atoms with E-state index in [1.807, 2.05) is 11.8 Å². The van der Waals surface area contributed by atoms with Crippen LogP contribution in [0.4, 0.5) is 0 Å². The Morgan fingerprint density at radius 1 is 1.17 bits per heavy atom. The van der Waals surface area contributed by atoms with E-state index >= 15 is 0 Å². The molecule has 0 heterocycles. The van der Waals surface area contributed by atoms with Gasteiger partial charge >= 0.3 is 0 Å². The van der Waals surface area contributed by atoms with Crippen molar-refractivity contribution >= 4 is 15.9 Å². The maximum atomic E-state index is 12.3. The van der Waals surface area contributed by atoms with Crippen LogP contribution in [0.3, 0.4) is 0 Å². The highest BCUT2D eigenvalue weighted by Crippen LogP contribution is 2.22. The number of sulfonamides is 1. The summed E-state index contributed by atoms with van der Waals surface area (Å²) in [5.74, 6) is 0.0198. The quantitative estimate of drug-likeness (QED) is 0.866. The fourth-order valence-corrected chi connectivity index (χ4v) is 4.11. The lowest BCUT2D eigenvalue weighted by atomic mass is 9.94. The molecule has 0 atom stereocenters. The fourth-order valence-electron chi connectivity index (χ4n) is 3.09. The first-order valence-electron chi connectivity index (χ1n) is 8.24. The summed E-state index contributed by atoms with van der Waals surface area (Å²) in [6.07, 6.45) is 5.55. The van der Waals surface area contributed by atoms with Gasteiger partial charge in [-0.15, -0.1) is 0 Å². The summed E-state index contributed by atoms with van der Waals surface area (Å²) in [5, 5.41) is 0. The molecule has 0 spiro atoms. The molecule has 0 radical (unpaired) electrons. The molecule has 1 saturated carbocycles. The van der Waals surface area contributed by atoms with Gasteiger partial charge in [-0.25, -0.2) is 13.1 Å². The van der Waals surface area contributed by atoms with Crippen LogP contribution in [-0.2, 0) is 14.8 Å². The second-order valence-corrected chi connectivity index (χ2v) is 7.98. The monoisotopic (exact) mass is 338 g/mol. The zero-order valence-electron chi connectivity index (χ0n) is 13.9. The topological polar surface area (TPSA) is 66.5 Å². The molecule has 1 aliphatic carbocycles. The lowest BCUT2D eigenvalue weighted by molar-refractivity contribution is -0.131. The number of nitrogens with zero attached hydrogens (tertiary/aromatic N) is 1. The van der Waals surface area contributed by atoms with E-state index in [1.165, 1.54) is 6.42 Å². The van der Waals surface area contributed by atoms with E-state index in [1.54, 1.807) is 31.2 Å². The van der Waals surface area contributed by atoms with Crippen LogP contribution < -0.4 is 4.72 Å². The summed E-state index contributed by atoms with van der Waals surface area (Å²) in [4.78, 5) is 13.9. The molecular weight excluding hydrogens is 312 g/mol. The van der Waals surface area contributed by atoms with E-state index in [4.69, 9.17) is 0 Å². The molecule has 1 aliphatic rings. The lowest BCUT2D eigenvalue weighted by Crippen LogP contribution is -2.44. The number of rotatable bonds is 6. The molecule has 1 amide bonds. The fraction of sp³-hybridized carbons (Fsp3) is 0.588. The zero-order valence-corrected chi connectivity index (χ0v) is 14.7. The molecule has 6 heteroatoms. The van der Waals surface area contributed by atoms with E-state index in [0.717, 1.165) is 31.2 Å². The van der Waals surface area contributed by atoms with E-state index in [-0.39, 0.29) is 23.4 Å². The Kier molecular flexibility index (Phi) is 6.18. The van der Waals surface area contributed by atoms with Crippen LogP contribution in [0.25, 0.3) is 0 Å². The predicted molar refractivity (Wildman–Crippen MR) is 90.6 cm³/mol. The normalized spacial score (nSPS) is 16.3. The maximum Gasteiger partial charge on any atom is 0.240 e. The van der Waals surface area contributed by atoms with Gasteiger partial charge in [0.2, 0.25) is 15.9 Å². The predicted octanol–water partition coefficient (Wildman–Crippen LogP) is 2.45. The van der Waals surface area contributed by atoms with E-state index in [0.29, 0.717) is 6.54 Å². The van der Waals surface area contributed by atoms with E-state index in [2.05, 4.69) is 4.72 Å². The molecule has 0 unspecified atom stereocenters. The number of carbonyl (C=O) groups excluding carboxylic acids is 1. The zero-order chi connectivity index (χ0) is 16.9. The summed E-state index contributed by atoms with van der Waals surface area (Å²) >= 11 is 0. The summed E-state index contributed by atoms with van der Waals surface area (Å²) in [6, 6.07) is 7.00. The van der Waals surface area contributed by atoms with Crippen LogP contribution in [0, 0.1) is 6.92 Å². The third kappa shape index (κ3) is 5.04. The average Bonchev–Trinajstić information content (AvgIpc) is 2.52. The van der Waals surface area contributed by atoms with Gasteiger partial charge in [-0.05, 0) is 31.9 Å². The van der Waals surface area contributed by atoms with Gasteiger partial charge in [0.15, 0.2) is 0 Å². The van der Waals surface area contributed by atoms with Crippen molar-refractivity contribution in [1.29, 1.82) is 0 Å². The number of carbonyl (C=O) groups is 1. The molecule has 128 valence electrons. The molecule has 0 saturated heterocycles. The van der Waals surface area contributed by atoms with Crippen molar-refractivity contribution in [3.8, 4) is 0 Å². The van der Waals surface area contributed by atoms with Crippen LogP contribution in [0.5, 0.6) is 0 Å². The number of aryl methyl sites for hydroxylation is 1. The molecule has 0 aliphatic heterocycles. The molecule has 0 bridgehead atoms. The molecule has 1 N–H and O–H groups in total. The summed E-state index contributed by atoms with van der Waals surface area (Å²) in [7, 11) is -3.52. The molecule has 23 heavy (non-hydrogen) atoms. The molecule has 1 aromatic carbocycles. The van der Waals surface area contributed by atoms with Gasteiger partial charge in [0.1, 0.15) is 0 Å². The minimum absolute atomic E-state index is 0.0198. The smallest absolute Gasteiger partial charge is 0.240 e. The van der Waals surface area contributed by atoms with Crippen LogP contribution in [0.1, 0.15) is 44.6 Å². The highest BCUT2D eigenvalue weighted by Gasteiger charge is 2.23. The Morgan fingerprint density at radius 3 is 2.35 bits per heavy atom. The van der Waals surface area contributed by atoms with Crippen LogP contribution in [0.15, 0.2) is 29.2 Å². The van der Waals surface area contributed by atoms with Gasteiger partial charge in [0.25, 0.3) is 0 Å². The van der Waals surface area contributed by atoms with Crippen LogP contribution >= 0.6 is 0 Å². The van der Waals surface area contributed by atoms with Crippen molar-refractivity contribution in [2.75, 3.05) is 13.1 Å². The average molecular weight is 338 g/mol. The van der Waals surface area contributed by atoms with E-state index in [9.17, 15) is 13.2 Å². The largest absolute Gasteiger partial charge is 0.339 e. The van der Waals surface area contributed by atoms with Crippen molar-refractivity contribution in [1.82, 2.24) is 9.62 Å². The molecule has 2 rings (SSSR count). The Morgan fingerprint density at radius 2 is 1.78 bits per heavy atom. The van der Waals surface area contributed by atoms with Gasteiger partial charge in [-0.1, -0.05) is 37.0 Å². The third-order valence-electron chi connectivity index (χ3n) is 4.40. The van der Waals surface area contributed by atoms with Crippen molar-refractivity contribution < 1.29 is 13.2 Å². The SMILES string of the molecule is CC(=O)N(CCNS(=O)(=O)c1ccc(C)cc1)C1CCCCC1. The minimum Gasteiger partial charge on any atom is -0.339 e. The molecule has 1 aromatic rings. The van der Waals surface area contributed by atoms with Gasteiger partial charge < -0.3 is 4.90 Å². The van der Waals surface area contributed by atoms with Crippen LogP contribution in [0.2, 0.25) is 0 Å². The van der Waals surface area contributed by atoms with E-state index < -0.39 is 10.0 Å². The molecule has 1 fully saturated rings. The first-order chi connectivity index (χ1) is 10.9. The highest BCUT2D eigenvalue weighted by atomic mass is 32.2. The van der Waals surface area contributed by atoms with Crippen molar-refractivity contribution in [2.45, 2.75) is 56.9 Å². The Labute approximate surface area is 139 Å². The van der Waals surface area contributed by atoms with Crippen LogP contribution in [-0.4, -0.2) is 38.4 Å². The first-order valence-corrected chi connectivity index (χ1v) is 9.72. The third-order valence-corrected chi connectivity index (χ3v) is 5.87. The van der Waals surface area contributed by atoms with Gasteiger partial charge in [0, 0.05) is 26.1 Å². The van der Waals surface area contributed by atoms with Gasteiger partial charge in [-0.3, -0.25) is 4.79 Å². The Bertz CT molecular complexity index is 620. The van der Waals surface area contributed by atoms with Crippen molar-refractivity contribution in [3.63, 3.8) is 0 Å². The number of benzene rings is 1. The standard InChI is InChI=1S/C17H26N2O3S/c1-14-8-10-17(11-9-14)23(21,22)18-12-13-19(15(2)20)16-6-4-3-5-7-16/h8-11,16,18H,3-7,12-13H2,1-2H3. The lowest BCUT2D eigenvalue weighted by Gasteiger charge is -2.33. The summed E-state index contributed by atoms with van der Waals surface area (Å²) in [6.45, 7) is 4.14. The van der Waals surface area contributed by atoms with Crippen molar-refractivity contribution in [3.05, 3.63) is 29.8 Å².